The third-order valence-corrected chi connectivity index (χ3v) is 3.67. The highest BCUT2D eigenvalue weighted by atomic mass is 35.5. The van der Waals surface area contributed by atoms with Crippen LogP contribution in [0, 0.1) is 0 Å². The number of carbonyl (C=O) groups excluding carboxylic acids is 2. The van der Waals surface area contributed by atoms with Gasteiger partial charge in [-0.25, -0.2) is 0 Å². The van der Waals surface area contributed by atoms with Crippen molar-refractivity contribution in [2.24, 2.45) is 0 Å². The van der Waals surface area contributed by atoms with Crippen LogP contribution < -0.4 is 10.6 Å². The summed E-state index contributed by atoms with van der Waals surface area (Å²) in [4.78, 5) is 25.5. The predicted octanol–water partition coefficient (Wildman–Crippen LogP) is 0.803. The van der Waals surface area contributed by atoms with Gasteiger partial charge in [0.1, 0.15) is 6.04 Å². The Morgan fingerprint density at radius 2 is 1.96 bits per heavy atom. The molecule has 1 aromatic rings. The number of halogens is 1. The summed E-state index contributed by atoms with van der Waals surface area (Å²) in [5, 5.41) is 6.05. The monoisotopic (exact) mass is 341 g/mol. The zero-order chi connectivity index (χ0) is 16.1. The molecule has 1 heterocycles. The van der Waals surface area contributed by atoms with E-state index in [1.165, 1.54) is 4.90 Å². The lowest BCUT2D eigenvalue weighted by Gasteiger charge is -2.29. The maximum Gasteiger partial charge on any atom is 0.253 e. The largest absolute Gasteiger partial charge is 0.375 e. The Bertz CT molecular complexity index is 534. The second-order valence-corrected chi connectivity index (χ2v) is 5.62. The summed E-state index contributed by atoms with van der Waals surface area (Å²) >= 11 is 0. The molecular weight excluding hydrogens is 318 g/mol. The van der Waals surface area contributed by atoms with Gasteiger partial charge in [0.15, 0.2) is 0 Å². The fourth-order valence-corrected chi connectivity index (χ4v) is 2.35. The number of amides is 2. The lowest BCUT2D eigenvalue weighted by atomic mass is 10.1. The molecule has 0 aromatic heterocycles. The van der Waals surface area contributed by atoms with Crippen molar-refractivity contribution in [3.63, 3.8) is 0 Å². The molecule has 1 aliphatic rings. The number of rotatable bonds is 4. The summed E-state index contributed by atoms with van der Waals surface area (Å²) in [6.45, 7) is 3.63. The number of carbonyl (C=O) groups is 2. The van der Waals surface area contributed by atoms with Crippen LogP contribution in [0.2, 0.25) is 0 Å². The van der Waals surface area contributed by atoms with Gasteiger partial charge in [0.2, 0.25) is 5.91 Å². The van der Waals surface area contributed by atoms with Crippen LogP contribution in [0.15, 0.2) is 24.3 Å². The molecule has 23 heavy (non-hydrogen) atoms. The molecule has 0 spiro atoms. The normalized spacial score (nSPS) is 20.3. The first-order chi connectivity index (χ1) is 10.5. The van der Waals surface area contributed by atoms with E-state index in [1.807, 2.05) is 19.1 Å². The summed E-state index contributed by atoms with van der Waals surface area (Å²) in [6.07, 6.45) is -0.131. The first kappa shape index (κ1) is 19.4. The van der Waals surface area contributed by atoms with E-state index in [9.17, 15) is 9.59 Å². The molecule has 128 valence electrons. The molecule has 1 fully saturated rings. The van der Waals surface area contributed by atoms with Gasteiger partial charge in [0.05, 0.1) is 12.7 Å². The molecule has 2 atom stereocenters. The lowest BCUT2D eigenvalue weighted by molar-refractivity contribution is -0.129. The molecule has 1 aromatic carbocycles. The Labute approximate surface area is 143 Å². The average molecular weight is 342 g/mol. The molecule has 1 aliphatic heterocycles. The second-order valence-electron chi connectivity index (χ2n) is 5.62. The van der Waals surface area contributed by atoms with Gasteiger partial charge in [0.25, 0.3) is 5.91 Å². The number of hydrogen-bond donors (Lipinski definition) is 2. The topological polar surface area (TPSA) is 70.7 Å². The Hall–Kier alpha value is -1.63. The minimum Gasteiger partial charge on any atom is -0.375 e. The van der Waals surface area contributed by atoms with Gasteiger partial charge in [-0.1, -0.05) is 12.1 Å². The van der Waals surface area contributed by atoms with E-state index in [1.54, 1.807) is 26.2 Å². The van der Waals surface area contributed by atoms with Crippen LogP contribution in [0.25, 0.3) is 0 Å². The lowest BCUT2D eigenvalue weighted by Crippen LogP contribution is -2.55. The molecule has 0 unspecified atom stereocenters. The number of benzene rings is 1. The van der Waals surface area contributed by atoms with Crippen LogP contribution in [0.5, 0.6) is 0 Å². The van der Waals surface area contributed by atoms with E-state index in [0.29, 0.717) is 25.3 Å². The predicted molar refractivity (Wildman–Crippen MR) is 90.8 cm³/mol. The van der Waals surface area contributed by atoms with Crippen molar-refractivity contribution >= 4 is 24.2 Å². The van der Waals surface area contributed by atoms with E-state index in [2.05, 4.69) is 10.6 Å². The van der Waals surface area contributed by atoms with Gasteiger partial charge in [-0.05, 0) is 24.6 Å². The molecule has 0 radical (unpaired) electrons. The number of nitrogens with zero attached hydrogens (tertiary/aromatic N) is 1. The SMILES string of the molecule is C[C@H]1OCCN[C@@H]1C(=O)NCc1ccc(C(=O)N(C)C)cc1.Cl. The summed E-state index contributed by atoms with van der Waals surface area (Å²) in [5.41, 5.74) is 1.59. The van der Waals surface area contributed by atoms with Gasteiger partial charge in [-0.3, -0.25) is 9.59 Å². The van der Waals surface area contributed by atoms with E-state index in [0.717, 1.165) is 5.56 Å². The molecule has 0 bridgehead atoms. The van der Waals surface area contributed by atoms with E-state index < -0.39 is 0 Å². The van der Waals surface area contributed by atoms with Crippen molar-refractivity contribution in [2.75, 3.05) is 27.2 Å². The van der Waals surface area contributed by atoms with Crippen LogP contribution >= 0.6 is 12.4 Å². The molecule has 2 rings (SSSR count). The van der Waals surface area contributed by atoms with Crippen molar-refractivity contribution in [2.45, 2.75) is 25.6 Å². The van der Waals surface area contributed by atoms with Gasteiger partial charge in [-0.2, -0.15) is 0 Å². The highest BCUT2D eigenvalue weighted by molar-refractivity contribution is 5.93. The highest BCUT2D eigenvalue weighted by Crippen LogP contribution is 2.08. The molecule has 2 N–H and O–H groups in total. The maximum atomic E-state index is 12.1. The fourth-order valence-electron chi connectivity index (χ4n) is 2.35. The van der Waals surface area contributed by atoms with E-state index in [4.69, 9.17) is 4.74 Å². The van der Waals surface area contributed by atoms with Gasteiger partial charge < -0.3 is 20.3 Å². The second kappa shape index (κ2) is 8.86. The smallest absolute Gasteiger partial charge is 0.253 e. The van der Waals surface area contributed by atoms with Crippen molar-refractivity contribution in [1.82, 2.24) is 15.5 Å². The number of hydrogen-bond acceptors (Lipinski definition) is 4. The standard InChI is InChI=1S/C16H23N3O3.ClH/c1-11-14(17-8-9-22-11)15(20)18-10-12-4-6-13(7-5-12)16(21)19(2)3;/h4-7,11,14,17H,8-10H2,1-3H3,(H,18,20);1H/t11-,14+;/m1./s1. The molecule has 0 aliphatic carbocycles. The maximum absolute atomic E-state index is 12.1. The molecule has 2 amide bonds. The Morgan fingerprint density at radius 1 is 1.30 bits per heavy atom. The van der Waals surface area contributed by atoms with Crippen LogP contribution in [-0.2, 0) is 16.1 Å². The van der Waals surface area contributed by atoms with E-state index >= 15 is 0 Å². The van der Waals surface area contributed by atoms with Crippen molar-refractivity contribution < 1.29 is 14.3 Å². The van der Waals surface area contributed by atoms with Crippen LogP contribution in [0.3, 0.4) is 0 Å². The number of ether oxygens (including phenoxy) is 1. The van der Waals surface area contributed by atoms with Gasteiger partial charge >= 0.3 is 0 Å². The first-order valence-corrected chi connectivity index (χ1v) is 7.42. The zero-order valence-corrected chi connectivity index (χ0v) is 14.5. The van der Waals surface area contributed by atoms with Crippen LogP contribution in [-0.4, -0.2) is 56.1 Å². The summed E-state index contributed by atoms with van der Waals surface area (Å²) in [5.74, 6) is -0.103. The molecule has 7 heteroatoms. The number of nitrogens with one attached hydrogen (secondary N) is 2. The van der Waals surface area contributed by atoms with Crippen LogP contribution in [0.1, 0.15) is 22.8 Å². The minimum absolute atomic E-state index is 0. The van der Waals surface area contributed by atoms with Crippen molar-refractivity contribution in [3.05, 3.63) is 35.4 Å². The Balaban J connectivity index is 0.00000264. The summed E-state index contributed by atoms with van der Waals surface area (Å²) in [7, 11) is 3.44. The van der Waals surface area contributed by atoms with Gasteiger partial charge in [0, 0.05) is 32.7 Å². The van der Waals surface area contributed by atoms with E-state index in [-0.39, 0.29) is 36.4 Å². The average Bonchev–Trinajstić information content (AvgIpc) is 2.52. The Morgan fingerprint density at radius 3 is 2.52 bits per heavy atom. The van der Waals surface area contributed by atoms with Crippen molar-refractivity contribution in [3.8, 4) is 0 Å². The minimum atomic E-state index is -0.316. The van der Waals surface area contributed by atoms with Crippen LogP contribution in [0.4, 0.5) is 0 Å². The quantitative estimate of drug-likeness (QED) is 0.850. The van der Waals surface area contributed by atoms with Gasteiger partial charge in [-0.15, -0.1) is 12.4 Å². The number of morpholine rings is 1. The molecule has 0 saturated carbocycles. The molecular formula is C16H24ClN3O3. The van der Waals surface area contributed by atoms with Crippen molar-refractivity contribution in [1.29, 1.82) is 0 Å². The highest BCUT2D eigenvalue weighted by Gasteiger charge is 2.27. The summed E-state index contributed by atoms with van der Waals surface area (Å²) < 4.78 is 5.46. The zero-order valence-electron chi connectivity index (χ0n) is 13.7. The molecule has 1 saturated heterocycles. The fraction of sp³-hybridized carbons (Fsp3) is 0.500. The third kappa shape index (κ3) is 5.20. The molecule has 6 nitrogen and oxygen atoms in total. The Kier molecular flexibility index (Phi) is 7.48. The third-order valence-electron chi connectivity index (χ3n) is 3.67. The first-order valence-electron chi connectivity index (χ1n) is 7.42. The summed E-state index contributed by atoms with van der Waals surface area (Å²) in [6, 6.07) is 6.93.